The molecular weight excluding hydrogens is 212 g/mol. The van der Waals surface area contributed by atoms with Crippen molar-refractivity contribution in [1.82, 2.24) is 0 Å². The van der Waals surface area contributed by atoms with Gasteiger partial charge in [-0.1, -0.05) is 6.92 Å². The van der Waals surface area contributed by atoms with Crippen LogP contribution in [0.25, 0.3) is 0 Å². The number of ketones is 1. The number of carbonyl (C=O) groups excluding carboxylic acids is 1. The highest BCUT2D eigenvalue weighted by atomic mass is 16.4. The van der Waals surface area contributed by atoms with Crippen LogP contribution in [0.15, 0.2) is 0 Å². The highest BCUT2D eigenvalue weighted by molar-refractivity contribution is 6.35. The lowest BCUT2D eigenvalue weighted by Crippen LogP contribution is -2.41. The van der Waals surface area contributed by atoms with E-state index in [4.69, 9.17) is 10.2 Å². The molecule has 1 fully saturated rings. The van der Waals surface area contributed by atoms with Crippen molar-refractivity contribution in [2.45, 2.75) is 39.0 Å². The number of aliphatic carboxylic acids is 2. The van der Waals surface area contributed by atoms with Gasteiger partial charge in [0, 0.05) is 0 Å². The third-order valence-corrected chi connectivity index (χ3v) is 3.40. The van der Waals surface area contributed by atoms with E-state index >= 15 is 0 Å². The molecule has 0 aromatic carbocycles. The van der Waals surface area contributed by atoms with E-state index < -0.39 is 23.1 Å². The minimum absolute atomic E-state index is 0.367. The Morgan fingerprint density at radius 1 is 1.19 bits per heavy atom. The average Bonchev–Trinajstić information content (AvgIpc) is 2.20. The van der Waals surface area contributed by atoms with Crippen LogP contribution in [0.2, 0.25) is 0 Å². The Hall–Kier alpha value is -1.39. The number of carbonyl (C=O) groups is 3. The molecule has 0 aromatic heterocycles. The largest absolute Gasteiger partial charge is 0.481 e. The van der Waals surface area contributed by atoms with Crippen LogP contribution in [-0.4, -0.2) is 27.9 Å². The summed E-state index contributed by atoms with van der Waals surface area (Å²) >= 11 is 0. The van der Waals surface area contributed by atoms with Crippen LogP contribution >= 0.6 is 0 Å². The molecule has 0 heterocycles. The Bertz CT molecular complexity index is 312. The van der Waals surface area contributed by atoms with E-state index in [0.717, 1.165) is 0 Å². The fourth-order valence-corrected chi connectivity index (χ4v) is 2.32. The summed E-state index contributed by atoms with van der Waals surface area (Å²) in [7, 11) is 0. The number of carboxylic acid groups (broad SMARTS) is 2. The van der Waals surface area contributed by atoms with Gasteiger partial charge in [-0.25, -0.2) is 4.79 Å². The maximum absolute atomic E-state index is 11.6. The zero-order chi connectivity index (χ0) is 12.3. The first kappa shape index (κ1) is 12.7. The molecule has 5 heteroatoms. The van der Waals surface area contributed by atoms with Gasteiger partial charge in [-0.15, -0.1) is 0 Å². The van der Waals surface area contributed by atoms with E-state index in [1.54, 1.807) is 0 Å². The van der Waals surface area contributed by atoms with Gasteiger partial charge in [-0.05, 0) is 31.6 Å². The van der Waals surface area contributed by atoms with E-state index in [9.17, 15) is 14.4 Å². The monoisotopic (exact) mass is 228 g/mol. The molecule has 5 nitrogen and oxygen atoms in total. The minimum Gasteiger partial charge on any atom is -0.481 e. The first-order chi connectivity index (χ1) is 7.37. The Labute approximate surface area is 93.5 Å². The third kappa shape index (κ3) is 2.59. The summed E-state index contributed by atoms with van der Waals surface area (Å²) in [6.07, 6.45) is 1.79. The van der Waals surface area contributed by atoms with Gasteiger partial charge in [0.15, 0.2) is 0 Å². The van der Waals surface area contributed by atoms with E-state index in [1.807, 2.05) is 6.92 Å². The van der Waals surface area contributed by atoms with Crippen LogP contribution in [0.5, 0.6) is 0 Å². The Kier molecular flexibility index (Phi) is 3.67. The Morgan fingerprint density at radius 3 is 2.06 bits per heavy atom. The fourth-order valence-electron chi connectivity index (χ4n) is 2.32. The summed E-state index contributed by atoms with van der Waals surface area (Å²) in [5.41, 5.74) is -1.18. The van der Waals surface area contributed by atoms with E-state index in [1.165, 1.54) is 0 Å². The van der Waals surface area contributed by atoms with Crippen molar-refractivity contribution in [3.05, 3.63) is 0 Å². The average molecular weight is 228 g/mol. The Morgan fingerprint density at radius 2 is 1.69 bits per heavy atom. The molecular formula is C11H16O5. The molecule has 0 radical (unpaired) electrons. The molecule has 1 aliphatic rings. The summed E-state index contributed by atoms with van der Waals surface area (Å²) in [4.78, 5) is 33.1. The molecule has 0 aromatic rings. The van der Waals surface area contributed by atoms with E-state index in [0.29, 0.717) is 31.6 Å². The molecule has 1 rings (SSSR count). The molecule has 0 spiro atoms. The zero-order valence-electron chi connectivity index (χ0n) is 9.23. The maximum atomic E-state index is 11.6. The normalized spacial score (nSPS) is 29.7. The van der Waals surface area contributed by atoms with Crippen molar-refractivity contribution in [3.8, 4) is 0 Å². The SMILES string of the molecule is CC1CCC(CC(=O)O)(C(=O)C(=O)O)CC1. The Balaban J connectivity index is 2.89. The smallest absolute Gasteiger partial charge is 0.372 e. The molecule has 1 saturated carbocycles. The molecule has 0 saturated heterocycles. The summed E-state index contributed by atoms with van der Waals surface area (Å²) < 4.78 is 0. The van der Waals surface area contributed by atoms with E-state index in [-0.39, 0.29) is 6.42 Å². The maximum Gasteiger partial charge on any atom is 0.372 e. The van der Waals surface area contributed by atoms with Gasteiger partial charge in [0.1, 0.15) is 0 Å². The van der Waals surface area contributed by atoms with Crippen LogP contribution in [0.4, 0.5) is 0 Å². The summed E-state index contributed by atoms with van der Waals surface area (Å²) in [6, 6.07) is 0. The number of hydrogen-bond donors (Lipinski definition) is 2. The highest BCUT2D eigenvalue weighted by Crippen LogP contribution is 2.42. The van der Waals surface area contributed by atoms with Crippen LogP contribution in [-0.2, 0) is 14.4 Å². The zero-order valence-corrected chi connectivity index (χ0v) is 9.23. The van der Waals surface area contributed by atoms with Crippen molar-refractivity contribution in [3.63, 3.8) is 0 Å². The van der Waals surface area contributed by atoms with Crippen LogP contribution in [0.3, 0.4) is 0 Å². The third-order valence-electron chi connectivity index (χ3n) is 3.40. The van der Waals surface area contributed by atoms with Gasteiger partial charge in [-0.2, -0.15) is 0 Å². The number of Topliss-reactive ketones (excluding diaryl/α,β-unsaturated/α-hetero) is 1. The summed E-state index contributed by atoms with van der Waals surface area (Å²) in [6.45, 7) is 2.02. The van der Waals surface area contributed by atoms with Crippen LogP contribution in [0, 0.1) is 11.3 Å². The molecule has 0 aliphatic heterocycles. The van der Waals surface area contributed by atoms with Crippen molar-refractivity contribution < 1.29 is 24.6 Å². The summed E-state index contributed by atoms with van der Waals surface area (Å²) in [5.74, 6) is -3.13. The predicted molar refractivity (Wildman–Crippen MR) is 55.0 cm³/mol. The number of carboxylic acids is 2. The summed E-state index contributed by atoms with van der Waals surface area (Å²) in [5, 5.41) is 17.5. The van der Waals surface area contributed by atoms with Gasteiger partial charge in [-0.3, -0.25) is 9.59 Å². The van der Waals surface area contributed by atoms with Gasteiger partial charge < -0.3 is 10.2 Å². The number of rotatable bonds is 4. The number of hydrogen-bond acceptors (Lipinski definition) is 3. The first-order valence-corrected chi connectivity index (χ1v) is 5.37. The predicted octanol–water partition coefficient (Wildman–Crippen LogP) is 1.31. The second kappa shape index (κ2) is 4.63. The van der Waals surface area contributed by atoms with Crippen molar-refractivity contribution in [2.75, 3.05) is 0 Å². The minimum atomic E-state index is -1.52. The van der Waals surface area contributed by atoms with Gasteiger partial charge in [0.05, 0.1) is 11.8 Å². The van der Waals surface area contributed by atoms with Crippen molar-refractivity contribution in [1.29, 1.82) is 0 Å². The van der Waals surface area contributed by atoms with E-state index in [2.05, 4.69) is 0 Å². The first-order valence-electron chi connectivity index (χ1n) is 5.37. The van der Waals surface area contributed by atoms with Gasteiger partial charge in [0.25, 0.3) is 0 Å². The molecule has 0 atom stereocenters. The topological polar surface area (TPSA) is 91.7 Å². The van der Waals surface area contributed by atoms with Crippen LogP contribution in [0.1, 0.15) is 39.0 Å². The standard InChI is InChI=1S/C11H16O5/c1-7-2-4-11(5-3-7,6-8(12)13)9(14)10(15)16/h7H,2-6H2,1H3,(H,12,13)(H,15,16). The molecule has 1 aliphatic carbocycles. The van der Waals surface area contributed by atoms with Gasteiger partial charge in [0.2, 0.25) is 5.78 Å². The lowest BCUT2D eigenvalue weighted by atomic mass is 9.66. The second-order valence-electron chi connectivity index (χ2n) is 4.67. The lowest BCUT2D eigenvalue weighted by molar-refractivity contribution is -0.158. The fraction of sp³-hybridized carbons (Fsp3) is 0.727. The molecule has 90 valence electrons. The van der Waals surface area contributed by atoms with Crippen molar-refractivity contribution >= 4 is 17.7 Å². The van der Waals surface area contributed by atoms with Crippen molar-refractivity contribution in [2.24, 2.45) is 11.3 Å². The molecule has 0 amide bonds. The molecule has 2 N–H and O–H groups in total. The molecule has 0 bridgehead atoms. The quantitative estimate of drug-likeness (QED) is 0.708. The highest BCUT2D eigenvalue weighted by Gasteiger charge is 2.45. The second-order valence-corrected chi connectivity index (χ2v) is 4.67. The van der Waals surface area contributed by atoms with Gasteiger partial charge >= 0.3 is 11.9 Å². The molecule has 16 heavy (non-hydrogen) atoms. The lowest BCUT2D eigenvalue weighted by Gasteiger charge is -2.35. The molecule has 0 unspecified atom stereocenters. The van der Waals surface area contributed by atoms with Crippen LogP contribution < -0.4 is 0 Å².